The highest BCUT2D eigenvalue weighted by molar-refractivity contribution is 6.90. The first-order valence-electron chi connectivity index (χ1n) is 23.7. The maximum atomic E-state index is 2.77. The lowest BCUT2D eigenvalue weighted by molar-refractivity contribution is 0.660. The number of rotatable bonds is 4. The maximum Gasteiger partial charge on any atom is 0.333 e. The van der Waals surface area contributed by atoms with Crippen LogP contribution in [0.25, 0.3) is 66.3 Å². The Balaban J connectivity index is 1.18. The van der Waals surface area contributed by atoms with Crippen LogP contribution in [0.3, 0.4) is 0 Å². The molecule has 5 aliphatic rings. The van der Waals surface area contributed by atoms with Gasteiger partial charge in [0, 0.05) is 60.7 Å². The largest absolute Gasteiger partial charge is 0.375 e. The van der Waals surface area contributed by atoms with E-state index in [0.717, 1.165) is 6.42 Å². The topological polar surface area (TPSA) is 8.17 Å². The van der Waals surface area contributed by atoms with Crippen molar-refractivity contribution in [1.29, 1.82) is 0 Å². The van der Waals surface area contributed by atoms with Gasteiger partial charge >= 0.3 is 6.85 Å². The molecule has 0 unspecified atom stereocenters. The van der Waals surface area contributed by atoms with Gasteiger partial charge in [-0.25, -0.2) is 0 Å². The minimum atomic E-state index is -0.245. The molecule has 3 heterocycles. The van der Waals surface area contributed by atoms with Crippen molar-refractivity contribution in [2.75, 3.05) is 4.90 Å². The summed E-state index contributed by atoms with van der Waals surface area (Å²) < 4.78 is 2.77. The van der Waals surface area contributed by atoms with E-state index in [1.165, 1.54) is 146 Å². The van der Waals surface area contributed by atoms with Crippen molar-refractivity contribution in [2.24, 2.45) is 0 Å². The van der Waals surface area contributed by atoms with Crippen LogP contribution in [0.4, 0.5) is 17.1 Å². The van der Waals surface area contributed by atoms with Crippen molar-refractivity contribution < 1.29 is 0 Å². The second-order valence-corrected chi connectivity index (χ2v) is 21.1. The van der Waals surface area contributed by atoms with Gasteiger partial charge in [-0.15, -0.1) is 0 Å². The van der Waals surface area contributed by atoms with Gasteiger partial charge in [0.1, 0.15) is 0 Å². The lowest BCUT2D eigenvalue weighted by atomic mass is 9.44. The van der Waals surface area contributed by atoms with Crippen LogP contribution in [0, 0.1) is 0 Å². The Morgan fingerprint density at radius 2 is 1.09 bits per heavy atom. The fourth-order valence-corrected chi connectivity index (χ4v) is 13.7. The van der Waals surface area contributed by atoms with Crippen LogP contribution in [-0.2, 0) is 22.7 Å². The molecular formula is C61H51BN2. The first kappa shape index (κ1) is 36.9. The number of hydrogen-bond donors (Lipinski definition) is 0. The SMILES string of the molecule is CCCCc1cc2c3c(c1)c1ccccc1n3B1c3cc4c(cc3N(c3ccc5c(c3)-c3ccccc3C5(C)C)c3c1c-2cc1c3C(C)(C)c2ccccc2-1)-c1ccccc1C4(C)C. The van der Waals surface area contributed by atoms with Crippen LogP contribution in [0.5, 0.6) is 0 Å². The van der Waals surface area contributed by atoms with Gasteiger partial charge < -0.3 is 9.38 Å². The van der Waals surface area contributed by atoms with E-state index in [4.69, 9.17) is 0 Å². The van der Waals surface area contributed by atoms with Crippen LogP contribution in [-0.4, -0.2) is 11.3 Å². The summed E-state index contributed by atoms with van der Waals surface area (Å²) in [6.45, 7) is 16.9. The summed E-state index contributed by atoms with van der Waals surface area (Å²) in [7, 11) is 0. The number of aryl methyl sites for hydroxylation is 1. The summed E-state index contributed by atoms with van der Waals surface area (Å²) in [5.74, 6) is 0. The Labute approximate surface area is 377 Å². The zero-order chi connectivity index (χ0) is 43.2. The van der Waals surface area contributed by atoms with E-state index in [1.807, 2.05) is 0 Å². The van der Waals surface area contributed by atoms with Gasteiger partial charge in [-0.05, 0) is 144 Å². The Kier molecular flexibility index (Phi) is 7.00. The third-order valence-electron chi connectivity index (χ3n) is 16.7. The van der Waals surface area contributed by atoms with Gasteiger partial charge in [-0.1, -0.05) is 158 Å². The summed E-state index contributed by atoms with van der Waals surface area (Å²) in [4.78, 5) is 2.74. The third kappa shape index (κ3) is 4.34. The Morgan fingerprint density at radius 3 is 1.81 bits per heavy atom. The maximum absolute atomic E-state index is 2.77. The average Bonchev–Trinajstić information content (AvgIpc) is 3.92. The van der Waals surface area contributed by atoms with Crippen molar-refractivity contribution in [3.63, 3.8) is 0 Å². The van der Waals surface area contributed by atoms with E-state index in [1.54, 1.807) is 0 Å². The minimum Gasteiger partial charge on any atom is -0.375 e. The normalized spacial score (nSPS) is 16.5. The summed E-state index contributed by atoms with van der Waals surface area (Å²) in [6.07, 6.45) is 3.43. The molecule has 9 aromatic rings. The van der Waals surface area contributed by atoms with E-state index in [2.05, 4.69) is 203 Å². The number of nitrogens with zero attached hydrogens (tertiary/aromatic N) is 2. The molecule has 2 nitrogen and oxygen atoms in total. The van der Waals surface area contributed by atoms with Gasteiger partial charge in [-0.2, -0.15) is 0 Å². The number of aromatic nitrogens is 1. The predicted molar refractivity (Wildman–Crippen MR) is 271 cm³/mol. The number of anilines is 3. The standard InChI is InChI=1S/C61H51BN2/c1-8-9-18-35-29-45-40-22-13-17-26-53(40)64-57(45)46(30-35)44-32-43-39-21-12-16-25-49(39)61(6,7)55(43)58-56(44)62(64)52-34-51-42(38-20-11-15-24-48(38)60(51,4)5)33-54(52)63(58)36-27-28-50-41(31-36)37-19-10-14-23-47(37)59(50,2)3/h10-17,19-34H,8-9,18H2,1-7H3. The molecule has 0 atom stereocenters. The van der Waals surface area contributed by atoms with Gasteiger partial charge in [0.05, 0.1) is 0 Å². The van der Waals surface area contributed by atoms with E-state index >= 15 is 0 Å². The summed E-state index contributed by atoms with van der Waals surface area (Å²) in [5.41, 5.74) is 29.7. The highest BCUT2D eigenvalue weighted by Crippen LogP contribution is 2.60. The lowest BCUT2D eigenvalue weighted by Gasteiger charge is -2.44. The first-order chi connectivity index (χ1) is 31.0. The highest BCUT2D eigenvalue weighted by Gasteiger charge is 2.50. The molecule has 0 saturated carbocycles. The van der Waals surface area contributed by atoms with E-state index in [0.29, 0.717) is 0 Å². The average molecular weight is 823 g/mol. The molecule has 0 N–H and O–H groups in total. The number of para-hydroxylation sites is 1. The zero-order valence-electron chi connectivity index (χ0n) is 37.9. The van der Waals surface area contributed by atoms with E-state index in [-0.39, 0.29) is 23.1 Å². The number of hydrogen-bond acceptors (Lipinski definition) is 1. The molecule has 0 bridgehead atoms. The lowest BCUT2D eigenvalue weighted by Crippen LogP contribution is -2.57. The molecule has 0 radical (unpaired) electrons. The van der Waals surface area contributed by atoms with Crippen molar-refractivity contribution in [3.8, 4) is 44.5 Å². The zero-order valence-corrected chi connectivity index (χ0v) is 37.9. The molecule has 14 rings (SSSR count). The molecule has 0 fully saturated rings. The van der Waals surface area contributed by atoms with Crippen LogP contribution in [0.1, 0.15) is 100 Å². The summed E-state index contributed by atoms with van der Waals surface area (Å²) in [5, 5.41) is 2.73. The van der Waals surface area contributed by atoms with Crippen LogP contribution in [0.15, 0.2) is 146 Å². The summed E-state index contributed by atoms with van der Waals surface area (Å²) >= 11 is 0. The Morgan fingerprint density at radius 1 is 0.484 bits per heavy atom. The van der Waals surface area contributed by atoms with Crippen molar-refractivity contribution in [2.45, 2.75) is 84.0 Å². The molecular weight excluding hydrogens is 771 g/mol. The molecule has 2 aliphatic heterocycles. The Hall–Kier alpha value is -6.58. The molecule has 0 amide bonds. The molecule has 3 aliphatic carbocycles. The second kappa shape index (κ2) is 12.2. The van der Waals surface area contributed by atoms with Crippen LogP contribution < -0.4 is 15.8 Å². The highest BCUT2D eigenvalue weighted by atomic mass is 15.2. The quantitative estimate of drug-likeness (QED) is 0.161. The predicted octanol–water partition coefficient (Wildman–Crippen LogP) is 14.5. The van der Waals surface area contributed by atoms with Gasteiger partial charge in [0.2, 0.25) is 0 Å². The Bertz CT molecular complexity index is 3590. The number of unbranched alkanes of at least 4 members (excludes halogenated alkanes) is 1. The third-order valence-corrected chi connectivity index (χ3v) is 16.7. The first-order valence-corrected chi connectivity index (χ1v) is 23.7. The van der Waals surface area contributed by atoms with Gasteiger partial charge in [-0.3, -0.25) is 0 Å². The molecule has 0 spiro atoms. The van der Waals surface area contributed by atoms with Crippen LogP contribution in [0.2, 0.25) is 0 Å². The smallest absolute Gasteiger partial charge is 0.333 e. The van der Waals surface area contributed by atoms with Crippen LogP contribution >= 0.6 is 0 Å². The van der Waals surface area contributed by atoms with Gasteiger partial charge in [0.15, 0.2) is 0 Å². The molecule has 308 valence electrons. The van der Waals surface area contributed by atoms with E-state index in [9.17, 15) is 0 Å². The molecule has 8 aromatic carbocycles. The second-order valence-electron chi connectivity index (χ2n) is 21.1. The van der Waals surface area contributed by atoms with E-state index < -0.39 is 0 Å². The fourth-order valence-electron chi connectivity index (χ4n) is 13.7. The minimum absolute atomic E-state index is 0.0312. The monoisotopic (exact) mass is 822 g/mol. The van der Waals surface area contributed by atoms with Crippen molar-refractivity contribution in [3.05, 3.63) is 185 Å². The van der Waals surface area contributed by atoms with Gasteiger partial charge in [0.25, 0.3) is 0 Å². The fraction of sp³-hybridized carbons (Fsp3) is 0.213. The molecule has 0 saturated heterocycles. The number of fused-ring (bicyclic) bond motifs is 17. The number of benzene rings is 8. The molecule has 3 heteroatoms. The van der Waals surface area contributed by atoms with Crippen molar-refractivity contribution >= 4 is 56.6 Å². The van der Waals surface area contributed by atoms with Crippen molar-refractivity contribution in [1.82, 2.24) is 4.48 Å². The molecule has 1 aromatic heterocycles. The molecule has 64 heavy (non-hydrogen) atoms. The summed E-state index contributed by atoms with van der Waals surface area (Å²) in [6, 6.07) is 57.2.